The minimum atomic E-state index is -0.110. The van der Waals surface area contributed by atoms with Crippen LogP contribution in [-0.2, 0) is 11.2 Å². The maximum absolute atomic E-state index is 11.1. The van der Waals surface area contributed by atoms with E-state index in [4.69, 9.17) is 0 Å². The van der Waals surface area contributed by atoms with Gasteiger partial charge in [-0.2, -0.15) is 0 Å². The van der Waals surface area contributed by atoms with Crippen LogP contribution in [0.2, 0.25) is 0 Å². The topological polar surface area (TPSA) is 44.9 Å². The molecule has 0 saturated carbocycles. The number of H-pyrrole nitrogens is 1. The second kappa shape index (κ2) is 6.33. The van der Waals surface area contributed by atoms with Crippen molar-refractivity contribution in [2.45, 2.75) is 23.3 Å². The Morgan fingerprint density at radius 1 is 1.44 bits per heavy atom. The van der Waals surface area contributed by atoms with Crippen LogP contribution in [0.5, 0.6) is 0 Å². The number of rotatable bonds is 6. The quantitative estimate of drug-likeness (QED) is 0.475. The molecule has 96 valence electrons. The van der Waals surface area contributed by atoms with E-state index in [9.17, 15) is 4.79 Å². The number of carbonyl (C=O) groups excluding carboxylic acids is 1. The number of para-hydroxylation sites is 1. The SMILES string of the molecule is CC(I)CN[C@H](C=O)Cc1c[nH]c2ccccc12. The van der Waals surface area contributed by atoms with Gasteiger partial charge in [-0.05, 0) is 18.1 Å². The van der Waals surface area contributed by atoms with Gasteiger partial charge in [0.1, 0.15) is 6.29 Å². The fraction of sp³-hybridized carbons (Fsp3) is 0.357. The van der Waals surface area contributed by atoms with Gasteiger partial charge in [0, 0.05) is 27.6 Å². The zero-order valence-corrected chi connectivity index (χ0v) is 12.5. The molecule has 2 N–H and O–H groups in total. The molecule has 1 aromatic carbocycles. The van der Waals surface area contributed by atoms with Gasteiger partial charge >= 0.3 is 0 Å². The first-order valence-electron chi connectivity index (χ1n) is 6.08. The molecule has 2 rings (SSSR count). The maximum atomic E-state index is 11.1. The zero-order valence-electron chi connectivity index (χ0n) is 10.3. The Labute approximate surface area is 120 Å². The summed E-state index contributed by atoms with van der Waals surface area (Å²) in [5.41, 5.74) is 2.32. The van der Waals surface area contributed by atoms with Crippen molar-refractivity contribution in [1.29, 1.82) is 0 Å². The third kappa shape index (κ3) is 3.32. The lowest BCUT2D eigenvalue weighted by molar-refractivity contribution is -0.109. The van der Waals surface area contributed by atoms with Crippen LogP contribution in [0.1, 0.15) is 12.5 Å². The second-order valence-electron chi connectivity index (χ2n) is 4.50. The molecule has 2 aromatic rings. The van der Waals surface area contributed by atoms with E-state index in [1.807, 2.05) is 18.3 Å². The first-order chi connectivity index (χ1) is 8.70. The van der Waals surface area contributed by atoms with E-state index in [0.717, 1.165) is 24.8 Å². The number of carbonyl (C=O) groups is 1. The van der Waals surface area contributed by atoms with Crippen molar-refractivity contribution in [3.8, 4) is 0 Å². The van der Waals surface area contributed by atoms with Crippen LogP contribution in [-0.4, -0.2) is 27.8 Å². The van der Waals surface area contributed by atoms with Crippen molar-refractivity contribution in [2.75, 3.05) is 6.54 Å². The molecule has 0 bridgehead atoms. The molecule has 0 amide bonds. The average Bonchev–Trinajstić information content (AvgIpc) is 2.77. The summed E-state index contributed by atoms with van der Waals surface area (Å²) in [6, 6.07) is 8.06. The average molecular weight is 356 g/mol. The van der Waals surface area contributed by atoms with Crippen LogP contribution in [0.15, 0.2) is 30.5 Å². The highest BCUT2D eigenvalue weighted by Gasteiger charge is 2.11. The first kappa shape index (κ1) is 13.5. The Kier molecular flexibility index (Phi) is 4.77. The van der Waals surface area contributed by atoms with Gasteiger partial charge in [-0.25, -0.2) is 0 Å². The minimum absolute atomic E-state index is 0.110. The molecule has 0 aliphatic rings. The van der Waals surface area contributed by atoms with E-state index in [1.54, 1.807) is 0 Å². The van der Waals surface area contributed by atoms with Crippen molar-refractivity contribution >= 4 is 39.8 Å². The lowest BCUT2D eigenvalue weighted by Gasteiger charge is -2.13. The highest BCUT2D eigenvalue weighted by Crippen LogP contribution is 2.18. The van der Waals surface area contributed by atoms with Gasteiger partial charge in [-0.15, -0.1) is 0 Å². The molecule has 0 radical (unpaired) electrons. The third-order valence-electron chi connectivity index (χ3n) is 2.94. The Bertz CT molecular complexity index is 521. The number of nitrogens with one attached hydrogen (secondary N) is 2. The van der Waals surface area contributed by atoms with E-state index < -0.39 is 0 Å². The van der Waals surface area contributed by atoms with Crippen LogP contribution in [0.25, 0.3) is 10.9 Å². The normalized spacial score (nSPS) is 14.6. The molecule has 4 heteroatoms. The van der Waals surface area contributed by atoms with E-state index in [-0.39, 0.29) is 6.04 Å². The van der Waals surface area contributed by atoms with Crippen molar-refractivity contribution in [3.05, 3.63) is 36.0 Å². The van der Waals surface area contributed by atoms with Gasteiger partial charge in [0.25, 0.3) is 0 Å². The number of alkyl halides is 1. The maximum Gasteiger partial charge on any atom is 0.137 e. The van der Waals surface area contributed by atoms with Crippen LogP contribution >= 0.6 is 22.6 Å². The molecule has 0 aliphatic carbocycles. The number of benzene rings is 1. The van der Waals surface area contributed by atoms with E-state index in [0.29, 0.717) is 3.92 Å². The highest BCUT2D eigenvalue weighted by atomic mass is 127. The van der Waals surface area contributed by atoms with Crippen molar-refractivity contribution in [2.24, 2.45) is 0 Å². The van der Waals surface area contributed by atoms with Crippen LogP contribution < -0.4 is 5.32 Å². The Morgan fingerprint density at radius 2 is 2.22 bits per heavy atom. The summed E-state index contributed by atoms with van der Waals surface area (Å²) in [5, 5.41) is 4.48. The predicted octanol–water partition coefficient (Wildman–Crippen LogP) is 2.69. The highest BCUT2D eigenvalue weighted by molar-refractivity contribution is 14.1. The number of fused-ring (bicyclic) bond motifs is 1. The van der Waals surface area contributed by atoms with Crippen molar-refractivity contribution < 1.29 is 4.79 Å². The number of aldehydes is 1. The van der Waals surface area contributed by atoms with E-state index in [1.165, 1.54) is 10.9 Å². The Morgan fingerprint density at radius 3 is 2.94 bits per heavy atom. The van der Waals surface area contributed by atoms with Crippen LogP contribution in [0.3, 0.4) is 0 Å². The molecular formula is C14H17IN2O. The summed E-state index contributed by atoms with van der Waals surface area (Å²) in [4.78, 5) is 14.3. The minimum Gasteiger partial charge on any atom is -0.361 e. The molecule has 0 saturated heterocycles. The third-order valence-corrected chi connectivity index (χ3v) is 3.38. The smallest absolute Gasteiger partial charge is 0.137 e. The summed E-state index contributed by atoms with van der Waals surface area (Å²) in [7, 11) is 0. The molecule has 3 nitrogen and oxygen atoms in total. The van der Waals surface area contributed by atoms with E-state index in [2.05, 4.69) is 51.9 Å². The summed E-state index contributed by atoms with van der Waals surface area (Å²) in [6.45, 7) is 2.98. The van der Waals surface area contributed by atoms with Gasteiger partial charge in [0.15, 0.2) is 0 Å². The standard InChI is InChI=1S/C14H17IN2O/c1-10(15)7-16-12(9-18)6-11-8-17-14-5-3-2-4-13(11)14/h2-5,8-10,12,16-17H,6-7H2,1H3/t10?,12-/m0/s1. The van der Waals surface area contributed by atoms with Gasteiger partial charge in [-0.1, -0.05) is 47.7 Å². The Balaban J connectivity index is 2.09. The number of hydrogen-bond acceptors (Lipinski definition) is 2. The molecule has 0 spiro atoms. The van der Waals surface area contributed by atoms with Gasteiger partial charge in [-0.3, -0.25) is 0 Å². The molecule has 1 aromatic heterocycles. The van der Waals surface area contributed by atoms with Crippen molar-refractivity contribution in [3.63, 3.8) is 0 Å². The van der Waals surface area contributed by atoms with Gasteiger partial charge in [0.05, 0.1) is 6.04 Å². The zero-order chi connectivity index (χ0) is 13.0. The summed E-state index contributed by atoms with van der Waals surface area (Å²) < 4.78 is 0.521. The number of hydrogen-bond donors (Lipinski definition) is 2. The van der Waals surface area contributed by atoms with Gasteiger partial charge < -0.3 is 15.1 Å². The summed E-state index contributed by atoms with van der Waals surface area (Å²) in [6.07, 6.45) is 3.73. The molecule has 0 aliphatic heterocycles. The van der Waals surface area contributed by atoms with Crippen molar-refractivity contribution in [1.82, 2.24) is 10.3 Å². The fourth-order valence-electron chi connectivity index (χ4n) is 2.02. The fourth-order valence-corrected chi connectivity index (χ4v) is 2.27. The first-order valence-corrected chi connectivity index (χ1v) is 7.33. The van der Waals surface area contributed by atoms with Gasteiger partial charge in [0.2, 0.25) is 0 Å². The lowest BCUT2D eigenvalue weighted by Crippen LogP contribution is -2.35. The molecular weight excluding hydrogens is 339 g/mol. The largest absolute Gasteiger partial charge is 0.361 e. The second-order valence-corrected chi connectivity index (χ2v) is 6.62. The molecule has 0 fully saturated rings. The Hall–Kier alpha value is -0.880. The molecule has 1 heterocycles. The molecule has 2 atom stereocenters. The number of halogens is 1. The predicted molar refractivity (Wildman–Crippen MR) is 83.3 cm³/mol. The van der Waals surface area contributed by atoms with Crippen LogP contribution in [0.4, 0.5) is 0 Å². The van der Waals surface area contributed by atoms with E-state index >= 15 is 0 Å². The van der Waals surface area contributed by atoms with Crippen LogP contribution in [0, 0.1) is 0 Å². The lowest BCUT2D eigenvalue weighted by atomic mass is 10.1. The molecule has 18 heavy (non-hydrogen) atoms. The summed E-state index contributed by atoms with van der Waals surface area (Å²) >= 11 is 2.35. The number of aromatic amines is 1. The summed E-state index contributed by atoms with van der Waals surface area (Å²) in [5.74, 6) is 0. The monoisotopic (exact) mass is 356 g/mol. The molecule has 1 unspecified atom stereocenters. The number of aromatic nitrogens is 1.